The summed E-state index contributed by atoms with van der Waals surface area (Å²) < 4.78 is 52.0. The minimum atomic E-state index is -2.06. The van der Waals surface area contributed by atoms with E-state index in [2.05, 4.69) is 0 Å². The molecule has 0 radical (unpaired) electrons. The normalized spacial score (nSPS) is 59.9. The van der Waals surface area contributed by atoms with Crippen LogP contribution in [0, 0.1) is 5.89 Å². The summed E-state index contributed by atoms with van der Waals surface area (Å²) in [4.78, 5) is 5.24. The number of hydrogen-bond donors (Lipinski definition) is 1. The highest BCUT2D eigenvalue weighted by atomic mass is 16.7. The lowest BCUT2D eigenvalue weighted by molar-refractivity contribution is -0.329. The lowest BCUT2D eigenvalue weighted by Crippen LogP contribution is -2.55. The van der Waals surface area contributed by atoms with Crippen molar-refractivity contribution in [2.45, 2.75) is 38.5 Å². The van der Waals surface area contributed by atoms with E-state index in [0.29, 0.717) is 0 Å². The topological polar surface area (TPSA) is 51.2 Å². The number of aliphatic hydroxyl groups is 1. The highest BCUT2D eigenvalue weighted by Gasteiger charge is 2.43. The van der Waals surface area contributed by atoms with Crippen LogP contribution in [0.4, 0.5) is 0 Å². The molecule has 2 fully saturated rings. The molecule has 0 aromatic carbocycles. The summed E-state index contributed by atoms with van der Waals surface area (Å²) in [7, 11) is 0. The Bertz CT molecular complexity index is 414. The van der Waals surface area contributed by atoms with Gasteiger partial charge in [0.25, 0.3) is 0 Å². The van der Waals surface area contributed by atoms with E-state index < -0.39 is 37.2 Å². The fourth-order valence-corrected chi connectivity index (χ4v) is 1.82. The van der Waals surface area contributed by atoms with E-state index in [0.717, 1.165) is 5.06 Å². The average molecular weight is 255 g/mol. The van der Waals surface area contributed by atoms with Gasteiger partial charge < -0.3 is 14.6 Å². The number of piperidine rings is 1. The highest BCUT2D eigenvalue weighted by Crippen LogP contribution is 2.34. The van der Waals surface area contributed by atoms with E-state index in [9.17, 15) is 5.11 Å². The zero-order valence-electron chi connectivity index (χ0n) is 15.2. The van der Waals surface area contributed by atoms with Crippen molar-refractivity contribution in [3.8, 4) is 0 Å². The maximum atomic E-state index is 9.19. The van der Waals surface area contributed by atoms with Gasteiger partial charge in [0.15, 0.2) is 5.79 Å². The van der Waals surface area contributed by atoms with Gasteiger partial charge in [-0.25, -0.2) is 0 Å². The lowest BCUT2D eigenvalue weighted by Gasteiger charge is -2.47. The largest absolute Gasteiger partial charge is 0.396 e. The number of nitrogens with zero attached hydrogens (tertiary/aromatic N) is 1. The summed E-state index contributed by atoms with van der Waals surface area (Å²) in [5.41, 5.74) is 0. The smallest absolute Gasteiger partial charge is 0.171 e. The Morgan fingerprint density at radius 1 is 1.59 bits per heavy atom. The summed E-state index contributed by atoms with van der Waals surface area (Å²) >= 11 is 0. The SMILES string of the molecule is [3H]C1C2(CC([3H])([3H])N(OCC)C1([3H])C)OCC([3H])(CO)CO2. The molecular formula is C12H23NO4. The summed E-state index contributed by atoms with van der Waals surface area (Å²) in [5, 5.41) is 10.1. The highest BCUT2D eigenvalue weighted by molar-refractivity contribution is 4.85. The molecule has 0 aliphatic carbocycles. The average Bonchev–Trinajstić information content (AvgIpc) is 2.45. The second-order valence-electron chi connectivity index (χ2n) is 4.13. The fraction of sp³-hybridized carbons (Fsp3) is 1.00. The number of hydrogen-bond acceptors (Lipinski definition) is 5. The quantitative estimate of drug-likeness (QED) is 0.807. The molecule has 0 saturated carbocycles. The Kier molecular flexibility index (Phi) is 2.67. The van der Waals surface area contributed by atoms with Gasteiger partial charge >= 0.3 is 0 Å². The van der Waals surface area contributed by atoms with Crippen molar-refractivity contribution in [2.24, 2.45) is 5.89 Å². The van der Waals surface area contributed by atoms with Gasteiger partial charge in [-0.05, 0) is 13.8 Å². The summed E-state index contributed by atoms with van der Waals surface area (Å²) in [6.45, 7) is 0.349. The van der Waals surface area contributed by atoms with Gasteiger partial charge in [0.1, 0.15) is 0 Å². The molecule has 2 aliphatic heterocycles. The molecule has 17 heavy (non-hydrogen) atoms. The van der Waals surface area contributed by atoms with Crippen molar-refractivity contribution < 1.29 is 26.3 Å². The van der Waals surface area contributed by atoms with Crippen LogP contribution in [-0.2, 0) is 14.3 Å². The van der Waals surface area contributed by atoms with Crippen molar-refractivity contribution in [3.63, 3.8) is 0 Å². The molecule has 2 aliphatic rings. The molecule has 0 bridgehead atoms. The first kappa shape index (κ1) is 8.07. The molecular weight excluding hydrogens is 222 g/mol. The molecule has 2 saturated heterocycles. The second-order valence-corrected chi connectivity index (χ2v) is 4.13. The molecule has 100 valence electrons. The van der Waals surface area contributed by atoms with Gasteiger partial charge in [-0.1, -0.05) is 0 Å². The predicted molar refractivity (Wildman–Crippen MR) is 62.2 cm³/mol. The lowest BCUT2D eigenvalue weighted by atomic mass is 9.97. The molecule has 1 spiro atoms. The van der Waals surface area contributed by atoms with Crippen LogP contribution in [-0.4, -0.2) is 54.9 Å². The van der Waals surface area contributed by atoms with E-state index in [-0.39, 0.29) is 26.2 Å². The fourth-order valence-electron chi connectivity index (χ4n) is 1.82. The first-order chi connectivity index (χ1) is 10.0. The summed E-state index contributed by atoms with van der Waals surface area (Å²) in [6.07, 6.45) is -1.58. The summed E-state index contributed by atoms with van der Waals surface area (Å²) in [5.74, 6) is -2.96. The molecule has 0 aromatic rings. The van der Waals surface area contributed by atoms with Crippen LogP contribution >= 0.6 is 0 Å². The Hall–Kier alpha value is -0.200. The number of aliphatic hydroxyl groups excluding tert-OH is 1. The standard InChI is InChI=1S/C12H23NO4/c1-3-17-13-5-4-12(6-10(13)2)15-8-11(7-14)9-16-12/h10-11,14H,3-9H2,1-2H3/i5T2,6T,10T,11T. The first-order valence-electron chi connectivity index (χ1n) is 8.35. The Morgan fingerprint density at radius 3 is 2.88 bits per heavy atom. The Balaban J connectivity index is 2.29. The third-order valence-corrected chi connectivity index (χ3v) is 2.74. The molecule has 0 aromatic heterocycles. The summed E-state index contributed by atoms with van der Waals surface area (Å²) in [6, 6.07) is -1.74. The zero-order chi connectivity index (χ0) is 16.8. The van der Waals surface area contributed by atoms with Crippen LogP contribution < -0.4 is 0 Å². The second kappa shape index (κ2) is 5.63. The maximum absolute atomic E-state index is 9.19. The number of rotatable bonds is 3. The van der Waals surface area contributed by atoms with Gasteiger partial charge in [-0.2, -0.15) is 5.06 Å². The van der Waals surface area contributed by atoms with E-state index >= 15 is 0 Å². The van der Waals surface area contributed by atoms with Crippen molar-refractivity contribution >= 4 is 0 Å². The van der Waals surface area contributed by atoms with Crippen molar-refractivity contribution in [1.29, 1.82) is 0 Å². The van der Waals surface area contributed by atoms with E-state index in [1.807, 2.05) is 0 Å². The first-order valence-corrected chi connectivity index (χ1v) is 5.77. The molecule has 1 N–H and O–H groups in total. The number of hydroxylamine groups is 2. The third-order valence-electron chi connectivity index (χ3n) is 2.74. The van der Waals surface area contributed by atoms with Crippen LogP contribution in [0.3, 0.4) is 0 Å². The maximum Gasteiger partial charge on any atom is 0.171 e. The molecule has 0 amide bonds. The molecule has 5 nitrogen and oxygen atoms in total. The molecule has 5 heteroatoms. The van der Waals surface area contributed by atoms with Gasteiger partial charge in [-0.15, -0.1) is 0 Å². The number of ether oxygens (including phenoxy) is 2. The minimum absolute atomic E-state index is 0.176. The van der Waals surface area contributed by atoms with Gasteiger partial charge in [0, 0.05) is 38.1 Å². The molecule has 2 rings (SSSR count). The third kappa shape index (κ3) is 2.98. The van der Waals surface area contributed by atoms with Crippen LogP contribution in [0.25, 0.3) is 0 Å². The van der Waals surface area contributed by atoms with Crippen LogP contribution in [0.2, 0.25) is 0 Å². The van der Waals surface area contributed by atoms with E-state index in [1.54, 1.807) is 6.92 Å². The molecule has 2 heterocycles. The van der Waals surface area contributed by atoms with Crippen molar-refractivity contribution in [3.05, 3.63) is 0 Å². The minimum Gasteiger partial charge on any atom is -0.396 e. The van der Waals surface area contributed by atoms with E-state index in [1.165, 1.54) is 6.92 Å². The van der Waals surface area contributed by atoms with Crippen LogP contribution in [0.15, 0.2) is 0 Å². The predicted octanol–water partition coefficient (Wildman–Crippen LogP) is 0.774. The van der Waals surface area contributed by atoms with Crippen molar-refractivity contribution in [1.82, 2.24) is 5.06 Å². The molecule has 2 unspecified atom stereocenters. The Morgan fingerprint density at radius 2 is 2.29 bits per heavy atom. The van der Waals surface area contributed by atoms with Crippen LogP contribution in [0.5, 0.6) is 0 Å². The van der Waals surface area contributed by atoms with Crippen LogP contribution in [0.1, 0.15) is 33.5 Å². The Labute approximate surface area is 110 Å². The zero-order valence-corrected chi connectivity index (χ0v) is 10.2. The monoisotopic (exact) mass is 255 g/mol. The van der Waals surface area contributed by atoms with E-state index in [4.69, 9.17) is 21.2 Å². The van der Waals surface area contributed by atoms with Crippen molar-refractivity contribution in [2.75, 3.05) is 32.9 Å². The van der Waals surface area contributed by atoms with Gasteiger partial charge in [-0.3, -0.25) is 4.84 Å². The molecule has 2 atom stereocenters. The van der Waals surface area contributed by atoms with Gasteiger partial charge in [0.05, 0.1) is 26.4 Å². The van der Waals surface area contributed by atoms with Gasteiger partial charge in [0.2, 0.25) is 0 Å².